The van der Waals surface area contributed by atoms with Gasteiger partial charge in [0.05, 0.1) is 24.0 Å². The lowest BCUT2D eigenvalue weighted by Gasteiger charge is -2.26. The second-order valence-corrected chi connectivity index (χ2v) is 9.25. The predicted octanol–water partition coefficient (Wildman–Crippen LogP) is 1.05. The summed E-state index contributed by atoms with van der Waals surface area (Å²) in [5, 5.41) is 2.98. The van der Waals surface area contributed by atoms with Gasteiger partial charge in [-0.05, 0) is 18.2 Å². The highest BCUT2D eigenvalue weighted by molar-refractivity contribution is 7.99. The zero-order chi connectivity index (χ0) is 21.0. The summed E-state index contributed by atoms with van der Waals surface area (Å²) in [5.74, 6) is 0.0145. The summed E-state index contributed by atoms with van der Waals surface area (Å²) in [6.45, 7) is 1.13. The second-order valence-electron chi connectivity index (χ2n) is 6.00. The van der Waals surface area contributed by atoms with Crippen molar-refractivity contribution >= 4 is 56.6 Å². The molecule has 29 heavy (non-hydrogen) atoms. The maximum Gasteiger partial charge on any atom is 0.244 e. The van der Waals surface area contributed by atoms with Crippen molar-refractivity contribution < 1.29 is 17.9 Å². The van der Waals surface area contributed by atoms with E-state index in [1.165, 1.54) is 28.6 Å². The number of carbonyl (C=O) groups excluding carboxylic acids is 1. The highest BCUT2D eigenvalue weighted by Gasteiger charge is 2.28. The molecule has 1 aromatic carbocycles. The van der Waals surface area contributed by atoms with Crippen molar-refractivity contribution in [1.29, 1.82) is 0 Å². The molecule has 0 spiro atoms. The highest BCUT2D eigenvalue weighted by Crippen LogP contribution is 2.28. The molecule has 0 radical (unpaired) electrons. The van der Waals surface area contributed by atoms with Gasteiger partial charge in [-0.25, -0.2) is 18.4 Å². The molecule has 0 saturated carbocycles. The molecule has 156 valence electrons. The number of nitrogen functional groups attached to an aromatic ring is 2. The third kappa shape index (κ3) is 5.48. The average molecular weight is 459 g/mol. The van der Waals surface area contributed by atoms with Crippen molar-refractivity contribution in [2.24, 2.45) is 0 Å². The maximum atomic E-state index is 12.8. The molecule has 1 amide bonds. The van der Waals surface area contributed by atoms with Gasteiger partial charge < -0.3 is 21.5 Å². The number of aromatic nitrogens is 2. The van der Waals surface area contributed by atoms with Gasteiger partial charge in [-0.15, -0.1) is 0 Å². The molecule has 1 aliphatic rings. The number of hydrogen-bond donors (Lipinski definition) is 3. The minimum atomic E-state index is -3.80. The van der Waals surface area contributed by atoms with E-state index in [4.69, 9.17) is 27.8 Å². The van der Waals surface area contributed by atoms with E-state index in [-0.39, 0.29) is 51.5 Å². The fourth-order valence-electron chi connectivity index (χ4n) is 2.56. The Bertz CT molecular complexity index is 994. The van der Waals surface area contributed by atoms with Crippen molar-refractivity contribution in [2.75, 3.05) is 48.8 Å². The molecule has 0 atom stereocenters. The van der Waals surface area contributed by atoms with E-state index in [1.54, 1.807) is 0 Å². The summed E-state index contributed by atoms with van der Waals surface area (Å²) in [7, 11) is -3.80. The SMILES string of the molecule is Nc1cc(N)nc(SCC(=O)Nc2ccc(Cl)c(S(=O)(=O)N3CCOCC3)c2)n1. The molecule has 5 N–H and O–H groups in total. The molecule has 13 heteroatoms. The van der Waals surface area contributed by atoms with Crippen molar-refractivity contribution in [3.05, 3.63) is 29.3 Å². The molecule has 10 nitrogen and oxygen atoms in total. The number of nitrogens with two attached hydrogens (primary N) is 2. The zero-order valence-electron chi connectivity index (χ0n) is 15.2. The molecular weight excluding hydrogens is 440 g/mol. The number of carbonyl (C=O) groups is 1. The van der Waals surface area contributed by atoms with Crippen LogP contribution in [0.2, 0.25) is 5.02 Å². The Labute approximate surface area is 177 Å². The van der Waals surface area contributed by atoms with E-state index in [1.807, 2.05) is 0 Å². The van der Waals surface area contributed by atoms with E-state index in [0.717, 1.165) is 11.8 Å². The van der Waals surface area contributed by atoms with E-state index >= 15 is 0 Å². The summed E-state index contributed by atoms with van der Waals surface area (Å²) in [5.41, 5.74) is 11.5. The number of sulfonamides is 1. The predicted molar refractivity (Wildman–Crippen MR) is 111 cm³/mol. The lowest BCUT2D eigenvalue weighted by molar-refractivity contribution is -0.113. The first kappa shape index (κ1) is 21.6. The van der Waals surface area contributed by atoms with Gasteiger partial charge in [0.15, 0.2) is 5.16 Å². The molecule has 1 fully saturated rings. The van der Waals surface area contributed by atoms with E-state index in [2.05, 4.69) is 15.3 Å². The van der Waals surface area contributed by atoms with Crippen LogP contribution >= 0.6 is 23.4 Å². The van der Waals surface area contributed by atoms with E-state index in [0.29, 0.717) is 18.9 Å². The fraction of sp³-hybridized carbons (Fsp3) is 0.312. The molecule has 0 aliphatic carbocycles. The smallest absolute Gasteiger partial charge is 0.244 e. The molecule has 1 aliphatic heterocycles. The van der Waals surface area contributed by atoms with Crippen LogP contribution in [0.25, 0.3) is 0 Å². The standard InChI is InChI=1S/C16H19ClN6O4S2/c17-11-2-1-10(7-12(11)29(25,26)23-3-5-27-6-4-23)20-15(24)9-28-16-21-13(18)8-14(19)22-16/h1-2,7-8H,3-6,9H2,(H,20,24)(H4,18,19,21,22). The molecular formula is C16H19ClN6O4S2. The first-order chi connectivity index (χ1) is 13.8. The molecule has 0 bridgehead atoms. The Hall–Kier alpha value is -2.12. The van der Waals surface area contributed by atoms with Crippen LogP contribution in [-0.2, 0) is 19.6 Å². The summed E-state index contributed by atoms with van der Waals surface area (Å²) in [6.07, 6.45) is 0. The van der Waals surface area contributed by atoms with Gasteiger partial charge in [-0.3, -0.25) is 4.79 Å². The second kappa shape index (κ2) is 9.13. The van der Waals surface area contributed by atoms with E-state index < -0.39 is 10.0 Å². The molecule has 1 aromatic heterocycles. The number of halogens is 1. The lowest BCUT2D eigenvalue weighted by atomic mass is 10.3. The average Bonchev–Trinajstić information content (AvgIpc) is 2.68. The number of nitrogens with one attached hydrogen (secondary N) is 1. The molecule has 2 heterocycles. The Morgan fingerprint density at radius 2 is 1.86 bits per heavy atom. The van der Waals surface area contributed by atoms with Gasteiger partial charge in [0, 0.05) is 24.8 Å². The van der Waals surface area contributed by atoms with Gasteiger partial charge >= 0.3 is 0 Å². The topological polar surface area (TPSA) is 154 Å². The number of benzene rings is 1. The normalized spacial score (nSPS) is 15.2. The number of rotatable bonds is 6. The van der Waals surface area contributed by atoms with Gasteiger partial charge in [-0.2, -0.15) is 4.31 Å². The molecule has 0 unspecified atom stereocenters. The van der Waals surface area contributed by atoms with Crippen molar-refractivity contribution in [3.63, 3.8) is 0 Å². The maximum absolute atomic E-state index is 12.8. The summed E-state index contributed by atoms with van der Waals surface area (Å²) < 4.78 is 32.2. The molecule has 2 aromatic rings. The number of anilines is 3. The first-order valence-electron chi connectivity index (χ1n) is 8.46. The number of hydrogen-bond acceptors (Lipinski definition) is 9. The van der Waals surface area contributed by atoms with Crippen LogP contribution in [-0.4, -0.2) is 60.7 Å². The molecule has 1 saturated heterocycles. The van der Waals surface area contributed by atoms with Gasteiger partial charge in [0.25, 0.3) is 0 Å². The van der Waals surface area contributed by atoms with E-state index in [9.17, 15) is 13.2 Å². The Morgan fingerprint density at radius 1 is 1.21 bits per heavy atom. The van der Waals surface area contributed by atoms with Crippen LogP contribution in [0.15, 0.2) is 34.3 Å². The minimum absolute atomic E-state index is 0.0168. The number of morpholine rings is 1. The number of thioether (sulfide) groups is 1. The molecule has 3 rings (SSSR count). The van der Waals surface area contributed by atoms with Crippen molar-refractivity contribution in [3.8, 4) is 0 Å². The monoisotopic (exact) mass is 458 g/mol. The summed E-state index contributed by atoms with van der Waals surface area (Å²) >= 11 is 7.16. The van der Waals surface area contributed by atoms with Crippen LogP contribution < -0.4 is 16.8 Å². The van der Waals surface area contributed by atoms with Crippen LogP contribution in [0, 0.1) is 0 Å². The number of ether oxygens (including phenoxy) is 1. The number of amides is 1. The van der Waals surface area contributed by atoms with Crippen molar-refractivity contribution in [1.82, 2.24) is 14.3 Å². The lowest BCUT2D eigenvalue weighted by Crippen LogP contribution is -2.40. The third-order valence-corrected chi connectivity index (χ3v) is 7.11. The van der Waals surface area contributed by atoms with Gasteiger partial charge in [-0.1, -0.05) is 23.4 Å². The zero-order valence-corrected chi connectivity index (χ0v) is 17.6. The van der Waals surface area contributed by atoms with Crippen LogP contribution in [0.1, 0.15) is 0 Å². The summed E-state index contributed by atoms with van der Waals surface area (Å²) in [4.78, 5) is 20.1. The van der Waals surface area contributed by atoms with Gasteiger partial charge in [0.1, 0.15) is 16.5 Å². The Morgan fingerprint density at radius 3 is 2.52 bits per heavy atom. The van der Waals surface area contributed by atoms with Crippen molar-refractivity contribution in [2.45, 2.75) is 10.1 Å². The summed E-state index contributed by atoms with van der Waals surface area (Å²) in [6, 6.07) is 5.70. The highest BCUT2D eigenvalue weighted by atomic mass is 35.5. The third-order valence-electron chi connectivity index (χ3n) is 3.88. The van der Waals surface area contributed by atoms with Gasteiger partial charge in [0.2, 0.25) is 15.9 Å². The first-order valence-corrected chi connectivity index (χ1v) is 11.3. The minimum Gasteiger partial charge on any atom is -0.383 e. The Balaban J connectivity index is 1.69. The largest absolute Gasteiger partial charge is 0.383 e. The van der Waals surface area contributed by atoms with Crippen LogP contribution in [0.3, 0.4) is 0 Å². The quantitative estimate of drug-likeness (QED) is 0.425. The fourth-order valence-corrected chi connectivity index (χ4v) is 5.14. The van der Waals surface area contributed by atoms with Crippen LogP contribution in [0.5, 0.6) is 0 Å². The number of nitrogens with zero attached hydrogens (tertiary/aromatic N) is 3. The Kier molecular flexibility index (Phi) is 6.80. The van der Waals surface area contributed by atoms with Crippen LogP contribution in [0.4, 0.5) is 17.3 Å².